The summed E-state index contributed by atoms with van der Waals surface area (Å²) in [5.41, 5.74) is 7.58. The molecule has 0 aliphatic carbocycles. The number of carbonyl (C=O) groups is 1. The van der Waals surface area contributed by atoms with Gasteiger partial charge in [0.05, 0.1) is 43.9 Å². The molecule has 0 saturated carbocycles. The third-order valence-corrected chi connectivity index (χ3v) is 7.21. The Morgan fingerprint density at radius 1 is 1.05 bits per heavy atom. The molecule has 0 atom stereocenters. The molecule has 1 amide bonds. The molecular formula is C29H34N6O4. The SMILES string of the molecule is Cc1c(N2CCc3cnc(Nc4ccc5c(c4)CCOC5)nc3C2)cnc2c1N(C(=O)OC(C)(C)C)CCO2. The molecule has 2 aromatic heterocycles. The van der Waals surface area contributed by atoms with Gasteiger partial charge in [0.2, 0.25) is 11.8 Å². The Balaban J connectivity index is 1.24. The van der Waals surface area contributed by atoms with E-state index in [1.807, 2.05) is 46.2 Å². The van der Waals surface area contributed by atoms with Crippen LogP contribution in [-0.4, -0.2) is 52.9 Å². The van der Waals surface area contributed by atoms with Gasteiger partial charge in [0.1, 0.15) is 17.9 Å². The fourth-order valence-electron chi connectivity index (χ4n) is 5.29. The van der Waals surface area contributed by atoms with Crippen LogP contribution in [0.15, 0.2) is 30.6 Å². The minimum Gasteiger partial charge on any atom is -0.474 e. The number of ether oxygens (including phenoxy) is 3. The lowest BCUT2D eigenvalue weighted by Crippen LogP contribution is -2.42. The van der Waals surface area contributed by atoms with E-state index in [1.165, 1.54) is 11.1 Å². The lowest BCUT2D eigenvalue weighted by Gasteiger charge is -2.35. The Morgan fingerprint density at radius 2 is 1.92 bits per heavy atom. The predicted octanol–water partition coefficient (Wildman–Crippen LogP) is 4.69. The molecule has 0 saturated heterocycles. The van der Waals surface area contributed by atoms with Crippen molar-refractivity contribution in [3.63, 3.8) is 0 Å². The fraction of sp³-hybridized carbons (Fsp3) is 0.448. The number of anilines is 4. The van der Waals surface area contributed by atoms with Crippen molar-refractivity contribution >= 4 is 29.1 Å². The van der Waals surface area contributed by atoms with Gasteiger partial charge in [-0.3, -0.25) is 4.90 Å². The highest BCUT2D eigenvalue weighted by Gasteiger charge is 2.32. The fourth-order valence-corrected chi connectivity index (χ4v) is 5.29. The van der Waals surface area contributed by atoms with Crippen molar-refractivity contribution in [2.24, 2.45) is 0 Å². The molecule has 0 unspecified atom stereocenters. The van der Waals surface area contributed by atoms with Crippen LogP contribution in [0.4, 0.5) is 27.8 Å². The van der Waals surface area contributed by atoms with Crippen LogP contribution in [0.3, 0.4) is 0 Å². The molecule has 10 nitrogen and oxygen atoms in total. The molecule has 39 heavy (non-hydrogen) atoms. The first kappa shape index (κ1) is 25.4. The minimum absolute atomic E-state index is 0.375. The van der Waals surface area contributed by atoms with E-state index in [-0.39, 0.29) is 0 Å². The predicted molar refractivity (Wildman–Crippen MR) is 148 cm³/mol. The van der Waals surface area contributed by atoms with Gasteiger partial charge in [-0.2, -0.15) is 0 Å². The monoisotopic (exact) mass is 530 g/mol. The molecule has 3 aromatic rings. The number of nitrogens with zero attached hydrogens (tertiary/aromatic N) is 5. The maximum absolute atomic E-state index is 13.0. The van der Waals surface area contributed by atoms with E-state index in [2.05, 4.69) is 32.3 Å². The number of hydrogen-bond acceptors (Lipinski definition) is 9. The lowest BCUT2D eigenvalue weighted by molar-refractivity contribution is 0.0566. The van der Waals surface area contributed by atoms with Crippen LogP contribution < -0.4 is 19.9 Å². The zero-order chi connectivity index (χ0) is 27.1. The minimum atomic E-state index is -0.593. The number of nitrogens with one attached hydrogen (secondary N) is 1. The smallest absolute Gasteiger partial charge is 0.415 e. The van der Waals surface area contributed by atoms with E-state index < -0.39 is 11.7 Å². The largest absolute Gasteiger partial charge is 0.474 e. The molecule has 5 heterocycles. The number of amides is 1. The Hall–Kier alpha value is -3.92. The highest BCUT2D eigenvalue weighted by Crippen LogP contribution is 2.39. The number of pyridine rings is 1. The normalized spacial score (nSPS) is 16.5. The van der Waals surface area contributed by atoms with Gasteiger partial charge >= 0.3 is 6.09 Å². The highest BCUT2D eigenvalue weighted by atomic mass is 16.6. The van der Waals surface area contributed by atoms with Gasteiger partial charge < -0.3 is 24.4 Å². The zero-order valence-electron chi connectivity index (χ0n) is 22.9. The summed E-state index contributed by atoms with van der Waals surface area (Å²) in [7, 11) is 0. The van der Waals surface area contributed by atoms with Gasteiger partial charge in [0, 0.05) is 24.0 Å². The van der Waals surface area contributed by atoms with E-state index in [1.54, 1.807) is 4.90 Å². The quantitative estimate of drug-likeness (QED) is 0.517. The van der Waals surface area contributed by atoms with E-state index in [4.69, 9.17) is 19.2 Å². The van der Waals surface area contributed by atoms with Crippen molar-refractivity contribution in [3.8, 4) is 5.88 Å². The number of rotatable bonds is 3. The topological polar surface area (TPSA) is 102 Å². The summed E-state index contributed by atoms with van der Waals surface area (Å²) in [6, 6.07) is 6.31. The molecule has 204 valence electrons. The van der Waals surface area contributed by atoms with Crippen molar-refractivity contribution in [2.75, 3.05) is 41.4 Å². The maximum Gasteiger partial charge on any atom is 0.415 e. The van der Waals surface area contributed by atoms with Gasteiger partial charge in [-0.25, -0.2) is 19.7 Å². The van der Waals surface area contributed by atoms with Crippen LogP contribution in [0, 0.1) is 6.92 Å². The molecule has 0 radical (unpaired) electrons. The molecule has 6 rings (SSSR count). The van der Waals surface area contributed by atoms with Gasteiger partial charge in [0.15, 0.2) is 0 Å². The molecule has 0 spiro atoms. The second-order valence-electron chi connectivity index (χ2n) is 11.2. The first-order chi connectivity index (χ1) is 18.7. The average Bonchev–Trinajstić information content (AvgIpc) is 2.91. The van der Waals surface area contributed by atoms with Gasteiger partial charge in [-0.05, 0) is 69.4 Å². The number of hydrogen-bond donors (Lipinski definition) is 1. The number of fused-ring (bicyclic) bond motifs is 3. The summed E-state index contributed by atoms with van der Waals surface area (Å²) in [4.78, 5) is 31.0. The number of benzene rings is 1. The number of aromatic nitrogens is 3. The zero-order valence-corrected chi connectivity index (χ0v) is 22.9. The van der Waals surface area contributed by atoms with Crippen molar-refractivity contribution in [3.05, 3.63) is 58.5 Å². The van der Waals surface area contributed by atoms with Crippen molar-refractivity contribution in [1.82, 2.24) is 15.0 Å². The Kier molecular flexibility index (Phi) is 6.50. The van der Waals surface area contributed by atoms with Crippen LogP contribution in [0.2, 0.25) is 0 Å². The van der Waals surface area contributed by atoms with E-state index in [9.17, 15) is 4.79 Å². The molecule has 3 aliphatic heterocycles. The summed E-state index contributed by atoms with van der Waals surface area (Å²) in [5, 5.41) is 3.38. The highest BCUT2D eigenvalue weighted by molar-refractivity contribution is 5.92. The van der Waals surface area contributed by atoms with Crippen LogP contribution >= 0.6 is 0 Å². The summed E-state index contributed by atoms with van der Waals surface area (Å²) in [6.45, 7) is 11.2. The second-order valence-corrected chi connectivity index (χ2v) is 11.2. The summed E-state index contributed by atoms with van der Waals surface area (Å²) in [6.07, 6.45) is 5.09. The summed E-state index contributed by atoms with van der Waals surface area (Å²) < 4.78 is 17.0. The molecule has 1 aromatic carbocycles. The van der Waals surface area contributed by atoms with Gasteiger partial charge in [-0.1, -0.05) is 6.07 Å². The van der Waals surface area contributed by atoms with Gasteiger partial charge in [-0.15, -0.1) is 0 Å². The van der Waals surface area contributed by atoms with Crippen molar-refractivity contribution < 1.29 is 19.0 Å². The third-order valence-electron chi connectivity index (χ3n) is 7.21. The van der Waals surface area contributed by atoms with Crippen molar-refractivity contribution in [1.29, 1.82) is 0 Å². The third kappa shape index (κ3) is 5.21. The van der Waals surface area contributed by atoms with E-state index >= 15 is 0 Å². The molecular weight excluding hydrogens is 496 g/mol. The molecule has 0 bridgehead atoms. The van der Waals surface area contributed by atoms with E-state index in [0.29, 0.717) is 43.8 Å². The van der Waals surface area contributed by atoms with Crippen molar-refractivity contribution in [2.45, 2.75) is 59.3 Å². The summed E-state index contributed by atoms with van der Waals surface area (Å²) in [5.74, 6) is 1.03. The lowest BCUT2D eigenvalue weighted by atomic mass is 10.0. The first-order valence-electron chi connectivity index (χ1n) is 13.4. The first-order valence-corrected chi connectivity index (χ1v) is 13.4. The molecule has 10 heteroatoms. The standard InChI is InChI=1S/C29H34N6O4/c1-18-24(15-30-26-25(18)35(10-12-38-26)28(36)39-29(2,3)4)34-9-7-20-14-31-27(33-23(20)16-34)32-22-6-5-21-17-37-11-8-19(21)13-22/h5-6,13-15H,7-12,16-17H2,1-4H3,(H,31,32,33). The average molecular weight is 531 g/mol. The Morgan fingerprint density at radius 3 is 2.77 bits per heavy atom. The molecule has 1 N–H and O–H groups in total. The van der Waals surface area contributed by atoms with Gasteiger partial charge in [0.25, 0.3) is 0 Å². The summed E-state index contributed by atoms with van der Waals surface area (Å²) >= 11 is 0. The second kappa shape index (κ2) is 10.00. The Labute approximate surface area is 228 Å². The van der Waals surface area contributed by atoms with Crippen LogP contribution in [-0.2, 0) is 35.5 Å². The van der Waals surface area contributed by atoms with Crippen LogP contribution in [0.25, 0.3) is 0 Å². The van der Waals surface area contributed by atoms with Crippen LogP contribution in [0.5, 0.6) is 5.88 Å². The molecule has 0 fully saturated rings. The van der Waals surface area contributed by atoms with Crippen LogP contribution in [0.1, 0.15) is 48.7 Å². The maximum atomic E-state index is 13.0. The molecule has 3 aliphatic rings. The Bertz CT molecular complexity index is 1420. The van der Waals surface area contributed by atoms with E-state index in [0.717, 1.165) is 54.2 Å². The number of carbonyl (C=O) groups excluding carboxylic acids is 1.